The van der Waals surface area contributed by atoms with Gasteiger partial charge in [-0.3, -0.25) is 4.98 Å². The van der Waals surface area contributed by atoms with Crippen LogP contribution in [0.3, 0.4) is 0 Å². The summed E-state index contributed by atoms with van der Waals surface area (Å²) in [7, 11) is 0. The molecule has 92 valence electrons. The number of nitrogens with two attached hydrogens (primary N) is 1. The lowest BCUT2D eigenvalue weighted by atomic mass is 10.2. The van der Waals surface area contributed by atoms with E-state index in [0.717, 1.165) is 5.56 Å². The van der Waals surface area contributed by atoms with Crippen molar-refractivity contribution >= 4 is 17.2 Å². The Balaban J connectivity index is 2.04. The second-order valence-electron chi connectivity index (χ2n) is 3.66. The minimum absolute atomic E-state index is 0.249. The SMILES string of the molecule is NC(=S)c1cc(COc2ccc(F)cc2)ccn1. The van der Waals surface area contributed by atoms with Crippen LogP contribution in [-0.4, -0.2) is 9.97 Å². The molecule has 0 amide bonds. The third kappa shape index (κ3) is 3.24. The van der Waals surface area contributed by atoms with Crippen LogP contribution in [0, 0.1) is 5.82 Å². The summed E-state index contributed by atoms with van der Waals surface area (Å²) in [5.41, 5.74) is 6.95. The Kier molecular flexibility index (Phi) is 3.84. The molecule has 18 heavy (non-hydrogen) atoms. The van der Waals surface area contributed by atoms with Crippen molar-refractivity contribution in [2.24, 2.45) is 5.73 Å². The van der Waals surface area contributed by atoms with Gasteiger partial charge in [0.1, 0.15) is 23.2 Å². The van der Waals surface area contributed by atoms with E-state index in [9.17, 15) is 4.39 Å². The molecule has 0 radical (unpaired) electrons. The van der Waals surface area contributed by atoms with Crippen LogP contribution in [0.4, 0.5) is 4.39 Å². The largest absolute Gasteiger partial charge is 0.489 e. The third-order valence-corrected chi connectivity index (χ3v) is 2.51. The fraction of sp³-hybridized carbons (Fsp3) is 0.0769. The Morgan fingerprint density at radius 2 is 2.00 bits per heavy atom. The standard InChI is InChI=1S/C13H11FN2OS/c14-10-1-3-11(4-2-10)17-8-9-5-6-16-12(7-9)13(15)18/h1-7H,8H2,(H2,15,18). The number of nitrogens with zero attached hydrogens (tertiary/aromatic N) is 1. The van der Waals surface area contributed by atoms with E-state index in [-0.39, 0.29) is 10.8 Å². The fourth-order valence-corrected chi connectivity index (χ4v) is 1.51. The van der Waals surface area contributed by atoms with Crippen molar-refractivity contribution in [2.75, 3.05) is 0 Å². The topological polar surface area (TPSA) is 48.1 Å². The highest BCUT2D eigenvalue weighted by Crippen LogP contribution is 2.13. The van der Waals surface area contributed by atoms with Gasteiger partial charge in [0.05, 0.1) is 5.69 Å². The summed E-state index contributed by atoms with van der Waals surface area (Å²) in [6, 6.07) is 9.43. The summed E-state index contributed by atoms with van der Waals surface area (Å²) in [5, 5.41) is 0. The van der Waals surface area contributed by atoms with Crippen molar-refractivity contribution in [3.63, 3.8) is 0 Å². The van der Waals surface area contributed by atoms with Gasteiger partial charge in [0.25, 0.3) is 0 Å². The van der Waals surface area contributed by atoms with E-state index in [1.165, 1.54) is 12.1 Å². The van der Waals surface area contributed by atoms with E-state index in [0.29, 0.717) is 18.1 Å². The van der Waals surface area contributed by atoms with Crippen LogP contribution in [0.1, 0.15) is 11.3 Å². The maximum absolute atomic E-state index is 12.7. The first-order valence-corrected chi connectivity index (χ1v) is 5.69. The van der Waals surface area contributed by atoms with Crippen LogP contribution < -0.4 is 10.5 Å². The summed E-state index contributed by atoms with van der Waals surface area (Å²) in [5.74, 6) is 0.312. The lowest BCUT2D eigenvalue weighted by molar-refractivity contribution is 0.305. The third-order valence-electron chi connectivity index (χ3n) is 2.30. The van der Waals surface area contributed by atoms with Crippen molar-refractivity contribution in [3.05, 3.63) is 59.7 Å². The normalized spacial score (nSPS) is 10.1. The average molecular weight is 262 g/mol. The Morgan fingerprint density at radius 3 is 2.67 bits per heavy atom. The lowest BCUT2D eigenvalue weighted by Crippen LogP contribution is -2.12. The van der Waals surface area contributed by atoms with Crippen LogP contribution >= 0.6 is 12.2 Å². The molecule has 0 saturated heterocycles. The number of hydrogen-bond donors (Lipinski definition) is 1. The van der Waals surface area contributed by atoms with Crippen molar-refractivity contribution in [1.82, 2.24) is 4.98 Å². The average Bonchev–Trinajstić information content (AvgIpc) is 2.38. The maximum Gasteiger partial charge on any atom is 0.123 e. The van der Waals surface area contributed by atoms with E-state index in [2.05, 4.69) is 4.98 Å². The molecule has 0 bridgehead atoms. The molecule has 0 aliphatic rings. The van der Waals surface area contributed by atoms with Gasteiger partial charge < -0.3 is 10.5 Å². The Hall–Kier alpha value is -2.01. The van der Waals surface area contributed by atoms with Crippen molar-refractivity contribution in [1.29, 1.82) is 0 Å². The first kappa shape index (κ1) is 12.4. The molecule has 0 atom stereocenters. The quantitative estimate of drug-likeness (QED) is 0.860. The summed E-state index contributed by atoms with van der Waals surface area (Å²) in [6.07, 6.45) is 1.62. The molecule has 0 aliphatic carbocycles. The summed E-state index contributed by atoms with van der Waals surface area (Å²) >= 11 is 4.85. The molecule has 1 heterocycles. The summed E-state index contributed by atoms with van der Waals surface area (Å²) in [6.45, 7) is 0.351. The van der Waals surface area contributed by atoms with E-state index in [1.807, 2.05) is 6.07 Å². The van der Waals surface area contributed by atoms with Crippen LogP contribution in [0.15, 0.2) is 42.6 Å². The van der Waals surface area contributed by atoms with Gasteiger partial charge in [-0.1, -0.05) is 12.2 Å². The molecular weight excluding hydrogens is 251 g/mol. The highest BCUT2D eigenvalue weighted by molar-refractivity contribution is 7.80. The first-order chi connectivity index (χ1) is 8.65. The number of benzene rings is 1. The van der Waals surface area contributed by atoms with E-state index in [1.54, 1.807) is 24.4 Å². The zero-order valence-corrected chi connectivity index (χ0v) is 10.3. The Labute approximate surface area is 109 Å². The molecule has 2 N–H and O–H groups in total. The molecular formula is C13H11FN2OS. The van der Waals surface area contributed by atoms with Gasteiger partial charge >= 0.3 is 0 Å². The predicted molar refractivity (Wildman–Crippen MR) is 70.9 cm³/mol. The van der Waals surface area contributed by atoms with Crippen LogP contribution in [0.5, 0.6) is 5.75 Å². The minimum atomic E-state index is -0.290. The highest BCUT2D eigenvalue weighted by atomic mass is 32.1. The molecule has 2 aromatic rings. The zero-order chi connectivity index (χ0) is 13.0. The van der Waals surface area contributed by atoms with Gasteiger partial charge in [0.2, 0.25) is 0 Å². The Bertz CT molecular complexity index is 557. The van der Waals surface area contributed by atoms with Crippen LogP contribution in [0.25, 0.3) is 0 Å². The molecule has 0 spiro atoms. The van der Waals surface area contributed by atoms with Crippen molar-refractivity contribution in [3.8, 4) is 5.75 Å². The molecule has 3 nitrogen and oxygen atoms in total. The minimum Gasteiger partial charge on any atom is -0.489 e. The molecule has 0 fully saturated rings. The van der Waals surface area contributed by atoms with E-state index in [4.69, 9.17) is 22.7 Å². The van der Waals surface area contributed by atoms with Gasteiger partial charge in [-0.25, -0.2) is 4.39 Å². The molecule has 5 heteroatoms. The van der Waals surface area contributed by atoms with Crippen LogP contribution in [0.2, 0.25) is 0 Å². The van der Waals surface area contributed by atoms with E-state index < -0.39 is 0 Å². The first-order valence-electron chi connectivity index (χ1n) is 5.28. The van der Waals surface area contributed by atoms with Gasteiger partial charge in [-0.05, 0) is 42.0 Å². The second-order valence-corrected chi connectivity index (χ2v) is 4.10. The number of ether oxygens (including phenoxy) is 1. The number of hydrogen-bond acceptors (Lipinski definition) is 3. The predicted octanol–water partition coefficient (Wildman–Crippen LogP) is 2.43. The Morgan fingerprint density at radius 1 is 1.28 bits per heavy atom. The number of pyridine rings is 1. The molecule has 2 rings (SSSR count). The van der Waals surface area contributed by atoms with Gasteiger partial charge in [0.15, 0.2) is 0 Å². The maximum atomic E-state index is 12.7. The molecule has 1 aromatic carbocycles. The highest BCUT2D eigenvalue weighted by Gasteiger charge is 2.01. The van der Waals surface area contributed by atoms with Crippen molar-refractivity contribution in [2.45, 2.75) is 6.61 Å². The number of aromatic nitrogens is 1. The number of halogens is 1. The number of rotatable bonds is 4. The molecule has 0 aliphatic heterocycles. The van der Waals surface area contributed by atoms with Gasteiger partial charge in [0, 0.05) is 6.20 Å². The van der Waals surface area contributed by atoms with Gasteiger partial charge in [-0.15, -0.1) is 0 Å². The molecule has 1 aromatic heterocycles. The second kappa shape index (κ2) is 5.55. The summed E-state index contributed by atoms with van der Waals surface area (Å²) < 4.78 is 18.2. The fourth-order valence-electron chi connectivity index (χ4n) is 1.40. The number of thiocarbonyl (C=S) groups is 1. The lowest BCUT2D eigenvalue weighted by Gasteiger charge is -2.07. The van der Waals surface area contributed by atoms with Crippen molar-refractivity contribution < 1.29 is 9.13 Å². The zero-order valence-electron chi connectivity index (χ0n) is 9.47. The smallest absolute Gasteiger partial charge is 0.123 e. The summed E-state index contributed by atoms with van der Waals surface area (Å²) in [4.78, 5) is 4.28. The van der Waals surface area contributed by atoms with E-state index >= 15 is 0 Å². The monoisotopic (exact) mass is 262 g/mol. The van der Waals surface area contributed by atoms with Gasteiger partial charge in [-0.2, -0.15) is 0 Å². The van der Waals surface area contributed by atoms with Crippen LogP contribution in [-0.2, 0) is 6.61 Å². The molecule has 0 unspecified atom stereocenters. The molecule has 0 saturated carbocycles.